The lowest BCUT2D eigenvalue weighted by molar-refractivity contribution is -0.156. The Morgan fingerprint density at radius 1 is 1.31 bits per heavy atom. The van der Waals surface area contributed by atoms with Gasteiger partial charge in [0.05, 0.1) is 12.0 Å². The van der Waals surface area contributed by atoms with Crippen molar-refractivity contribution in [3.8, 4) is 0 Å². The number of ketones is 1. The van der Waals surface area contributed by atoms with Crippen molar-refractivity contribution in [1.29, 1.82) is 0 Å². The Labute approximate surface area is 151 Å². The summed E-state index contributed by atoms with van der Waals surface area (Å²) in [6.45, 7) is 10.7. The van der Waals surface area contributed by atoms with Crippen molar-refractivity contribution in [3.05, 3.63) is 46.6 Å². The third kappa shape index (κ3) is 2.74. The van der Waals surface area contributed by atoms with Crippen LogP contribution in [0.1, 0.15) is 27.7 Å². The number of carbonyl (C=O) groups excluding carboxylic acids is 3. The molecule has 0 unspecified atom stereocenters. The molecule has 0 aromatic carbocycles. The molecule has 6 nitrogen and oxygen atoms in total. The zero-order chi connectivity index (χ0) is 19.3. The number of esters is 2. The molecule has 26 heavy (non-hydrogen) atoms. The van der Waals surface area contributed by atoms with Crippen LogP contribution in [0.2, 0.25) is 0 Å². The summed E-state index contributed by atoms with van der Waals surface area (Å²) in [4.78, 5) is 36.7. The summed E-state index contributed by atoms with van der Waals surface area (Å²) in [5.41, 5.74) is 2.50. The van der Waals surface area contributed by atoms with Gasteiger partial charge in [0, 0.05) is 23.1 Å². The maximum absolute atomic E-state index is 12.5. The molecular weight excluding hydrogens is 336 g/mol. The SMILES string of the molecule is C=C1C(=O)O[C@H]2[C@H]1[C@@H](O)[C@@H]1C(C)=CC(=O)C1=C(C)[C@H]2OC(=O)C=C(C)C. The maximum atomic E-state index is 12.5. The second kappa shape index (κ2) is 6.36. The van der Waals surface area contributed by atoms with E-state index in [2.05, 4.69) is 6.58 Å². The van der Waals surface area contributed by atoms with Crippen molar-refractivity contribution >= 4 is 17.7 Å². The summed E-state index contributed by atoms with van der Waals surface area (Å²) in [5, 5.41) is 10.9. The van der Waals surface area contributed by atoms with E-state index >= 15 is 0 Å². The monoisotopic (exact) mass is 358 g/mol. The minimum absolute atomic E-state index is 0.131. The number of aliphatic hydroxyl groups is 1. The van der Waals surface area contributed by atoms with Crippen molar-refractivity contribution in [2.75, 3.05) is 0 Å². The predicted molar refractivity (Wildman–Crippen MR) is 92.8 cm³/mol. The van der Waals surface area contributed by atoms with Crippen LogP contribution in [-0.4, -0.2) is 41.1 Å². The normalized spacial score (nSPS) is 33.2. The maximum Gasteiger partial charge on any atom is 0.334 e. The van der Waals surface area contributed by atoms with Gasteiger partial charge in [-0.2, -0.15) is 0 Å². The molecule has 1 aliphatic heterocycles. The van der Waals surface area contributed by atoms with Crippen LogP contribution in [0.15, 0.2) is 46.6 Å². The van der Waals surface area contributed by atoms with E-state index in [0.717, 1.165) is 5.57 Å². The third-order valence-corrected chi connectivity index (χ3v) is 5.20. The number of carbonyl (C=O) groups is 3. The molecule has 0 bridgehead atoms. The Hall–Kier alpha value is -2.47. The molecule has 0 saturated carbocycles. The zero-order valence-corrected chi connectivity index (χ0v) is 15.2. The zero-order valence-electron chi connectivity index (χ0n) is 15.2. The highest BCUT2D eigenvalue weighted by atomic mass is 16.6. The summed E-state index contributed by atoms with van der Waals surface area (Å²) in [6.07, 6.45) is -0.110. The van der Waals surface area contributed by atoms with Gasteiger partial charge in [-0.05, 0) is 39.3 Å². The Kier molecular flexibility index (Phi) is 4.48. The quantitative estimate of drug-likeness (QED) is 0.598. The number of ether oxygens (including phenoxy) is 2. The minimum atomic E-state index is -1.06. The Bertz CT molecular complexity index is 808. The smallest absolute Gasteiger partial charge is 0.334 e. The van der Waals surface area contributed by atoms with Gasteiger partial charge in [0.1, 0.15) is 0 Å². The minimum Gasteiger partial charge on any atom is -0.454 e. The molecule has 0 radical (unpaired) electrons. The highest BCUT2D eigenvalue weighted by Gasteiger charge is 2.55. The molecule has 2 aliphatic carbocycles. The summed E-state index contributed by atoms with van der Waals surface area (Å²) in [7, 11) is 0. The van der Waals surface area contributed by atoms with Gasteiger partial charge in [-0.1, -0.05) is 17.7 Å². The Balaban J connectivity index is 2.11. The van der Waals surface area contributed by atoms with Crippen LogP contribution < -0.4 is 0 Å². The Morgan fingerprint density at radius 3 is 2.58 bits per heavy atom. The Morgan fingerprint density at radius 2 is 1.96 bits per heavy atom. The van der Waals surface area contributed by atoms with Gasteiger partial charge in [0.2, 0.25) is 0 Å². The van der Waals surface area contributed by atoms with Crippen molar-refractivity contribution in [2.24, 2.45) is 11.8 Å². The first-order chi connectivity index (χ1) is 12.1. The predicted octanol–water partition coefficient (Wildman–Crippen LogP) is 1.80. The van der Waals surface area contributed by atoms with Gasteiger partial charge in [0.15, 0.2) is 18.0 Å². The van der Waals surface area contributed by atoms with E-state index in [0.29, 0.717) is 16.7 Å². The van der Waals surface area contributed by atoms with E-state index in [1.807, 2.05) is 0 Å². The number of hydrogen-bond acceptors (Lipinski definition) is 6. The van der Waals surface area contributed by atoms with Gasteiger partial charge in [-0.15, -0.1) is 0 Å². The van der Waals surface area contributed by atoms with Crippen molar-refractivity contribution in [3.63, 3.8) is 0 Å². The highest BCUT2D eigenvalue weighted by molar-refractivity contribution is 6.09. The standard InChI is InChI=1S/C20H22O6/c1-8(2)6-13(22)25-18-10(4)15-12(21)7-9(3)14(15)17(23)16-11(5)20(24)26-19(16)18/h6-7,14,16-19,23H,5H2,1-4H3/t14-,16-,17+,18-,19+/m1/s1. The second-order valence-electron chi connectivity index (χ2n) is 7.32. The average Bonchev–Trinajstić information content (AvgIpc) is 2.96. The molecule has 6 heteroatoms. The van der Waals surface area contributed by atoms with E-state index in [4.69, 9.17) is 9.47 Å². The fourth-order valence-electron chi connectivity index (χ4n) is 4.05. The van der Waals surface area contributed by atoms with Gasteiger partial charge in [-0.3, -0.25) is 4.79 Å². The topological polar surface area (TPSA) is 89.9 Å². The molecule has 5 atom stereocenters. The molecule has 0 aromatic rings. The highest BCUT2D eigenvalue weighted by Crippen LogP contribution is 2.47. The molecule has 0 aromatic heterocycles. The largest absolute Gasteiger partial charge is 0.454 e. The molecular formula is C20H22O6. The first kappa shape index (κ1) is 18.3. The molecule has 0 spiro atoms. The van der Waals surface area contributed by atoms with Gasteiger partial charge >= 0.3 is 11.9 Å². The van der Waals surface area contributed by atoms with Crippen molar-refractivity contribution in [1.82, 2.24) is 0 Å². The van der Waals surface area contributed by atoms with Crippen LogP contribution in [0, 0.1) is 11.8 Å². The summed E-state index contributed by atoms with van der Waals surface area (Å²) < 4.78 is 11.0. The van der Waals surface area contributed by atoms with Crippen molar-refractivity contribution < 1.29 is 29.0 Å². The molecule has 3 aliphatic rings. The first-order valence-electron chi connectivity index (χ1n) is 8.50. The summed E-state index contributed by atoms with van der Waals surface area (Å²) in [5.74, 6) is -2.74. The molecule has 1 fully saturated rings. The van der Waals surface area contributed by atoms with Crippen LogP contribution >= 0.6 is 0 Å². The molecule has 3 rings (SSSR count). The number of fused-ring (bicyclic) bond motifs is 2. The van der Waals surface area contributed by atoms with E-state index < -0.39 is 42.1 Å². The van der Waals surface area contributed by atoms with Crippen LogP contribution in [0.4, 0.5) is 0 Å². The lowest BCUT2D eigenvalue weighted by Gasteiger charge is -2.28. The van der Waals surface area contributed by atoms with Gasteiger partial charge in [-0.25, -0.2) is 9.59 Å². The second-order valence-corrected chi connectivity index (χ2v) is 7.32. The number of aliphatic hydroxyl groups excluding tert-OH is 1. The lowest BCUT2D eigenvalue weighted by atomic mass is 9.81. The van der Waals surface area contributed by atoms with Crippen LogP contribution in [0.3, 0.4) is 0 Å². The van der Waals surface area contributed by atoms with E-state index in [1.54, 1.807) is 27.7 Å². The van der Waals surface area contributed by atoms with Crippen LogP contribution in [0.5, 0.6) is 0 Å². The average molecular weight is 358 g/mol. The van der Waals surface area contributed by atoms with Gasteiger partial charge in [0.25, 0.3) is 0 Å². The fraction of sp³-hybridized carbons (Fsp3) is 0.450. The van der Waals surface area contributed by atoms with E-state index in [1.165, 1.54) is 12.2 Å². The lowest BCUT2D eigenvalue weighted by Crippen LogP contribution is -2.40. The van der Waals surface area contributed by atoms with Crippen LogP contribution in [-0.2, 0) is 23.9 Å². The fourth-order valence-corrected chi connectivity index (χ4v) is 4.05. The van der Waals surface area contributed by atoms with E-state index in [9.17, 15) is 19.5 Å². The van der Waals surface area contributed by atoms with Gasteiger partial charge < -0.3 is 14.6 Å². The molecule has 1 heterocycles. The number of allylic oxidation sites excluding steroid dienone is 2. The number of rotatable bonds is 2. The third-order valence-electron chi connectivity index (χ3n) is 5.20. The van der Waals surface area contributed by atoms with Crippen LogP contribution in [0.25, 0.3) is 0 Å². The molecule has 1 N–H and O–H groups in total. The van der Waals surface area contributed by atoms with Crippen molar-refractivity contribution in [2.45, 2.75) is 46.0 Å². The summed E-state index contributed by atoms with van der Waals surface area (Å²) >= 11 is 0. The summed E-state index contributed by atoms with van der Waals surface area (Å²) in [6, 6.07) is 0. The molecule has 138 valence electrons. The molecule has 1 saturated heterocycles. The first-order valence-corrected chi connectivity index (χ1v) is 8.50. The van der Waals surface area contributed by atoms with E-state index in [-0.39, 0.29) is 11.4 Å². The molecule has 0 amide bonds. The number of hydrogen-bond donors (Lipinski definition) is 1.